The number of urea groups is 1. The van der Waals surface area contributed by atoms with Crippen molar-refractivity contribution in [3.8, 4) is 22.6 Å². The first-order valence-electron chi connectivity index (χ1n) is 25.8. The molecule has 6 amide bonds. The molecule has 0 radical (unpaired) electrons. The van der Waals surface area contributed by atoms with Gasteiger partial charge in [-0.1, -0.05) is 62.7 Å². The molecule has 6 aromatic rings. The normalized spacial score (nSPS) is 13.9. The second-order valence-corrected chi connectivity index (χ2v) is 19.6. The Labute approximate surface area is 440 Å². The first-order valence-corrected chi connectivity index (χ1v) is 25.8. The third-order valence-electron chi connectivity index (χ3n) is 13.7. The number of nitrogens with two attached hydrogens (primary N) is 1. The molecule has 0 spiro atoms. The zero-order valence-electron chi connectivity index (χ0n) is 43.1. The quantitative estimate of drug-likeness (QED) is 0.0301. The number of hydrogen-bond donors (Lipinski definition) is 5. The van der Waals surface area contributed by atoms with E-state index in [1.54, 1.807) is 33.7 Å². The molecule has 4 aromatic heterocycles. The van der Waals surface area contributed by atoms with Crippen molar-refractivity contribution in [3.05, 3.63) is 131 Å². The summed E-state index contributed by atoms with van der Waals surface area (Å²) in [5, 5.41) is 13.3. The minimum absolute atomic E-state index is 0.00414. The van der Waals surface area contributed by atoms with E-state index in [2.05, 4.69) is 31.0 Å². The van der Waals surface area contributed by atoms with Crippen LogP contribution in [-0.4, -0.2) is 106 Å². The molecule has 0 saturated heterocycles. The monoisotopic (exact) mass is 1030 g/mol. The number of rotatable bonds is 25. The Morgan fingerprint density at radius 3 is 2.42 bits per heavy atom. The largest absolute Gasteiger partial charge is 0.445 e. The minimum Gasteiger partial charge on any atom is -0.445 e. The highest BCUT2D eigenvalue weighted by Crippen LogP contribution is 2.31. The summed E-state index contributed by atoms with van der Waals surface area (Å²) in [6, 6.07) is 21.3. The number of aromatic nitrogens is 6. The molecular weight excluding hydrogens is 969 g/mol. The van der Waals surface area contributed by atoms with Gasteiger partial charge in [0.1, 0.15) is 24.5 Å². The van der Waals surface area contributed by atoms with E-state index in [0.29, 0.717) is 57.3 Å². The molecule has 20 nitrogen and oxygen atoms in total. The maximum Gasteiger partial charge on any atom is 0.410 e. The lowest BCUT2D eigenvalue weighted by Gasteiger charge is -2.29. The maximum atomic E-state index is 13.8. The van der Waals surface area contributed by atoms with Gasteiger partial charge in [-0.05, 0) is 97.5 Å². The first kappa shape index (κ1) is 53.7. The van der Waals surface area contributed by atoms with Crippen molar-refractivity contribution in [1.29, 1.82) is 0 Å². The van der Waals surface area contributed by atoms with Crippen LogP contribution in [0.4, 0.5) is 15.3 Å². The summed E-state index contributed by atoms with van der Waals surface area (Å²) in [5.74, 6) is -1.55. The number of unbranched alkanes of at least 4 members (excludes halogenated alkanes) is 2. The predicted molar refractivity (Wildman–Crippen MR) is 283 cm³/mol. The second kappa shape index (κ2) is 25.1. The number of ketones is 2. The maximum absolute atomic E-state index is 13.8. The molecule has 20 heteroatoms. The molecule has 76 heavy (non-hydrogen) atoms. The zero-order valence-corrected chi connectivity index (χ0v) is 43.1. The molecule has 0 unspecified atom stereocenters. The number of primary amides is 1. The molecule has 6 heterocycles. The number of imide groups is 1. The minimum atomic E-state index is -0.890. The summed E-state index contributed by atoms with van der Waals surface area (Å²) in [6.07, 6.45) is 8.69. The number of fused-ring (bicyclic) bond motifs is 2. The van der Waals surface area contributed by atoms with Crippen LogP contribution in [0.3, 0.4) is 0 Å². The molecule has 0 bridgehead atoms. The van der Waals surface area contributed by atoms with Crippen molar-refractivity contribution in [2.45, 2.75) is 104 Å². The summed E-state index contributed by atoms with van der Waals surface area (Å²) < 4.78 is 7.49. The van der Waals surface area contributed by atoms with E-state index in [-0.39, 0.29) is 74.7 Å². The van der Waals surface area contributed by atoms with Gasteiger partial charge >= 0.3 is 12.1 Å². The van der Waals surface area contributed by atoms with Crippen molar-refractivity contribution in [1.82, 2.24) is 50.0 Å². The fraction of sp³-hybridized carbons (Fsp3) is 0.375. The number of carbonyl (C=O) groups is 7. The Morgan fingerprint density at radius 1 is 0.882 bits per heavy atom. The second-order valence-electron chi connectivity index (χ2n) is 19.6. The van der Waals surface area contributed by atoms with Crippen LogP contribution in [0.15, 0.2) is 97.5 Å². The van der Waals surface area contributed by atoms with E-state index in [4.69, 9.17) is 20.4 Å². The van der Waals surface area contributed by atoms with E-state index in [1.165, 1.54) is 23.4 Å². The van der Waals surface area contributed by atoms with Gasteiger partial charge in [0, 0.05) is 86.7 Å². The number of H-pyrrole nitrogens is 1. The number of Topliss-reactive ketones (excluding diaryl/α,β-unsaturated/α-hetero) is 2. The number of aromatic amines is 1. The molecule has 0 aliphatic carbocycles. The molecule has 6 N–H and O–H groups in total. The highest BCUT2D eigenvalue weighted by molar-refractivity contribution is 6.12. The number of imidazole rings is 1. The highest BCUT2D eigenvalue weighted by Gasteiger charge is 2.30. The number of pyridine rings is 2. The van der Waals surface area contributed by atoms with Gasteiger partial charge in [0.25, 0.3) is 11.8 Å². The molecule has 2 atom stereocenters. The summed E-state index contributed by atoms with van der Waals surface area (Å²) in [6.45, 7) is 7.43. The van der Waals surface area contributed by atoms with Crippen molar-refractivity contribution in [3.63, 3.8) is 0 Å². The summed E-state index contributed by atoms with van der Waals surface area (Å²) >= 11 is 0. The SMILES string of the molecule is Cc1cccc(-c2[nH]c(CNc3cccc4c3CCN(C(=O)OCc3ccc(CC(=O)[C@H](CCCNC(N)=O)NC(=O)[C@@H](CC(=O)CCCCCN5C(=O)C=CC5=O)C(C)C)cc3)C4)nc2-c2ccc3ncnn3c2)n1. The van der Waals surface area contributed by atoms with E-state index in [0.717, 1.165) is 62.2 Å². The number of benzene rings is 2. The first-order chi connectivity index (χ1) is 36.7. The van der Waals surface area contributed by atoms with Crippen molar-refractivity contribution >= 4 is 52.7 Å². The van der Waals surface area contributed by atoms with E-state index in [9.17, 15) is 33.6 Å². The third kappa shape index (κ3) is 14.0. The molecule has 8 rings (SSSR count). The number of nitrogens with one attached hydrogen (secondary N) is 4. The fourth-order valence-electron chi connectivity index (χ4n) is 9.47. The average molecular weight is 1030 g/mol. The Balaban J connectivity index is 0.820. The lowest BCUT2D eigenvalue weighted by molar-refractivity contribution is -0.137. The van der Waals surface area contributed by atoms with Crippen LogP contribution in [0.1, 0.15) is 92.6 Å². The van der Waals surface area contributed by atoms with Crippen LogP contribution >= 0.6 is 0 Å². The van der Waals surface area contributed by atoms with Crippen LogP contribution in [0.2, 0.25) is 0 Å². The van der Waals surface area contributed by atoms with Gasteiger partial charge in [0.15, 0.2) is 11.4 Å². The predicted octanol–water partition coefficient (Wildman–Crippen LogP) is 6.56. The van der Waals surface area contributed by atoms with E-state index < -0.39 is 30.0 Å². The van der Waals surface area contributed by atoms with Crippen LogP contribution in [-0.2, 0) is 61.2 Å². The van der Waals surface area contributed by atoms with Crippen molar-refractivity contribution < 1.29 is 38.3 Å². The Kier molecular flexibility index (Phi) is 17.8. The molecule has 396 valence electrons. The van der Waals surface area contributed by atoms with Crippen LogP contribution in [0.25, 0.3) is 28.3 Å². The number of carbonyl (C=O) groups excluding carboxylic acids is 7. The smallest absolute Gasteiger partial charge is 0.410 e. The fourth-order valence-corrected chi connectivity index (χ4v) is 9.47. The number of ether oxygens (including phenoxy) is 1. The summed E-state index contributed by atoms with van der Waals surface area (Å²) in [7, 11) is 0. The summed E-state index contributed by atoms with van der Waals surface area (Å²) in [4.78, 5) is 109. The van der Waals surface area contributed by atoms with Gasteiger partial charge in [-0.25, -0.2) is 24.1 Å². The lowest BCUT2D eigenvalue weighted by atomic mass is 9.88. The average Bonchev–Trinajstić information content (AvgIpc) is 4.15. The molecule has 2 aliphatic heterocycles. The van der Waals surface area contributed by atoms with Gasteiger partial charge in [0.2, 0.25) is 5.91 Å². The van der Waals surface area contributed by atoms with Gasteiger partial charge < -0.3 is 36.3 Å². The molecule has 2 aromatic carbocycles. The van der Waals surface area contributed by atoms with Crippen LogP contribution in [0, 0.1) is 18.8 Å². The Morgan fingerprint density at radius 2 is 1.66 bits per heavy atom. The van der Waals surface area contributed by atoms with E-state index >= 15 is 0 Å². The summed E-state index contributed by atoms with van der Waals surface area (Å²) in [5.41, 5.74) is 14.6. The third-order valence-corrected chi connectivity index (χ3v) is 13.7. The van der Waals surface area contributed by atoms with Gasteiger partial charge in [-0.15, -0.1) is 0 Å². The van der Waals surface area contributed by atoms with E-state index in [1.807, 2.05) is 75.5 Å². The van der Waals surface area contributed by atoms with Gasteiger partial charge in [0.05, 0.1) is 29.7 Å². The highest BCUT2D eigenvalue weighted by atomic mass is 16.6. The zero-order chi connectivity index (χ0) is 53.7. The molecule has 2 aliphatic rings. The number of amides is 6. The topological polar surface area (TPSA) is 269 Å². The molecule has 0 fully saturated rings. The van der Waals surface area contributed by atoms with Gasteiger partial charge in [-0.3, -0.25) is 33.9 Å². The Bertz CT molecular complexity index is 3110. The van der Waals surface area contributed by atoms with Crippen molar-refractivity contribution in [2.75, 3.05) is 25.0 Å². The van der Waals surface area contributed by atoms with Crippen molar-refractivity contribution in [2.24, 2.45) is 17.6 Å². The molecular formula is C56H64N12O8. The van der Waals surface area contributed by atoms with Gasteiger partial charge in [-0.2, -0.15) is 5.10 Å². The number of hydrogen-bond acceptors (Lipinski definition) is 13. The molecule has 0 saturated carbocycles. The Hall–Kier alpha value is -8.55. The van der Waals surface area contributed by atoms with Crippen LogP contribution in [0.5, 0.6) is 0 Å². The number of anilines is 1. The number of nitrogens with zero attached hydrogens (tertiary/aromatic N) is 7. The standard InChI is InChI=1S/C56H64N12O8/c1-35(2)43(29-41(69)12-5-4-6-26-67-50(71)22-23-51(67)72)54(73)63-45(15-9-25-58-55(57)74)47(70)28-37-16-18-38(19-17-37)33-76-56(75)66-27-24-42-39(31-66)11-8-13-44(42)59-30-48-64-52(40-20-21-49-60-34-61-68(49)32-40)53(65-48)46-14-7-10-36(3)62-46/h7-8,10-11,13-14,16-23,32,34-35,43,45,59H,4-6,9,12,15,24-31,33H2,1-3H3,(H,63,73)(H,64,65)(H3,57,58,74)/t43-,45-/m0/s1. The lowest BCUT2D eigenvalue weighted by Crippen LogP contribution is -2.46. The van der Waals surface area contributed by atoms with Crippen LogP contribution < -0.4 is 21.7 Å². The number of aryl methyl sites for hydroxylation is 1.